The standard InChI is InChI=1S/C21H24N6O3.ClH/c1-13(11-28)27-12-23-26-20(27)17-4-3-5-19(24-17)25-21(29)16-8-15-10-22-7-6-14(15)9-18(16)30-2;/h3-5,8-9,12-13,22,28H,6-7,10-11H2,1-2H3,(H,24,25,29);1H. The van der Waals surface area contributed by atoms with Crippen molar-refractivity contribution < 1.29 is 14.6 Å². The van der Waals surface area contributed by atoms with Gasteiger partial charge in [-0.3, -0.25) is 4.79 Å². The lowest BCUT2D eigenvalue weighted by molar-refractivity contribution is 0.102. The Kier molecular flexibility index (Phi) is 7.21. The number of aromatic nitrogens is 4. The number of amides is 1. The number of halogens is 1. The fourth-order valence-corrected chi connectivity index (χ4v) is 3.51. The van der Waals surface area contributed by atoms with Gasteiger partial charge in [0.1, 0.15) is 23.6 Å². The second-order valence-corrected chi connectivity index (χ2v) is 7.20. The molecule has 0 saturated carbocycles. The van der Waals surface area contributed by atoms with Crippen LogP contribution in [0.2, 0.25) is 0 Å². The number of carbonyl (C=O) groups is 1. The molecule has 3 N–H and O–H groups in total. The van der Waals surface area contributed by atoms with Gasteiger partial charge in [0, 0.05) is 6.54 Å². The molecule has 31 heavy (non-hydrogen) atoms. The Labute approximate surface area is 186 Å². The summed E-state index contributed by atoms with van der Waals surface area (Å²) < 4.78 is 7.20. The van der Waals surface area contributed by atoms with Gasteiger partial charge in [0.2, 0.25) is 0 Å². The van der Waals surface area contributed by atoms with Gasteiger partial charge in [-0.15, -0.1) is 22.6 Å². The van der Waals surface area contributed by atoms with Crippen LogP contribution in [0.3, 0.4) is 0 Å². The first kappa shape index (κ1) is 22.7. The third kappa shape index (κ3) is 4.68. The van der Waals surface area contributed by atoms with E-state index in [2.05, 4.69) is 25.8 Å². The van der Waals surface area contributed by atoms with E-state index in [-0.39, 0.29) is 31.0 Å². The molecule has 1 amide bonds. The van der Waals surface area contributed by atoms with Crippen molar-refractivity contribution in [2.45, 2.75) is 25.9 Å². The lowest BCUT2D eigenvalue weighted by Crippen LogP contribution is -2.24. The van der Waals surface area contributed by atoms with E-state index in [1.807, 2.05) is 19.1 Å². The molecular weight excluding hydrogens is 420 g/mol. The summed E-state index contributed by atoms with van der Waals surface area (Å²) in [5.41, 5.74) is 3.30. The van der Waals surface area contributed by atoms with Gasteiger partial charge < -0.3 is 25.0 Å². The maximum Gasteiger partial charge on any atom is 0.260 e. The smallest absolute Gasteiger partial charge is 0.260 e. The average molecular weight is 445 g/mol. The molecule has 3 aromatic rings. The number of nitrogens with one attached hydrogen (secondary N) is 2. The van der Waals surface area contributed by atoms with Crippen molar-refractivity contribution in [3.05, 3.63) is 53.3 Å². The van der Waals surface area contributed by atoms with E-state index in [0.29, 0.717) is 28.6 Å². The van der Waals surface area contributed by atoms with Gasteiger partial charge in [-0.05, 0) is 55.3 Å². The SMILES string of the molecule is COc1cc2c(cc1C(=O)Nc1cccc(-c3nncn3C(C)CO)n1)CNCC2.Cl. The van der Waals surface area contributed by atoms with E-state index in [1.165, 1.54) is 5.56 Å². The minimum atomic E-state index is -0.296. The Morgan fingerprint density at radius 1 is 1.35 bits per heavy atom. The van der Waals surface area contributed by atoms with Crippen molar-refractivity contribution in [2.24, 2.45) is 0 Å². The molecule has 0 saturated heterocycles. The predicted molar refractivity (Wildman–Crippen MR) is 119 cm³/mol. The van der Waals surface area contributed by atoms with E-state index < -0.39 is 0 Å². The van der Waals surface area contributed by atoms with Crippen molar-refractivity contribution >= 4 is 24.1 Å². The Morgan fingerprint density at radius 2 is 2.19 bits per heavy atom. The number of anilines is 1. The highest BCUT2D eigenvalue weighted by molar-refractivity contribution is 6.06. The third-order valence-corrected chi connectivity index (χ3v) is 5.18. The molecule has 1 aliphatic rings. The van der Waals surface area contributed by atoms with Crippen LogP contribution in [0.1, 0.15) is 34.5 Å². The molecule has 9 nitrogen and oxygen atoms in total. The van der Waals surface area contributed by atoms with E-state index in [1.54, 1.807) is 36.2 Å². The first-order valence-electron chi connectivity index (χ1n) is 9.80. The van der Waals surface area contributed by atoms with Crippen molar-refractivity contribution in [3.8, 4) is 17.3 Å². The van der Waals surface area contributed by atoms with Crippen LogP contribution in [0.25, 0.3) is 11.5 Å². The molecule has 1 atom stereocenters. The van der Waals surface area contributed by atoms with Gasteiger partial charge in [0.15, 0.2) is 5.82 Å². The van der Waals surface area contributed by atoms with Crippen LogP contribution in [0.15, 0.2) is 36.7 Å². The van der Waals surface area contributed by atoms with E-state index in [0.717, 1.165) is 25.1 Å². The Balaban J connectivity index is 0.00000272. The predicted octanol–water partition coefficient (Wildman–Crippen LogP) is 2.22. The van der Waals surface area contributed by atoms with E-state index in [9.17, 15) is 9.90 Å². The lowest BCUT2D eigenvalue weighted by Gasteiger charge is -2.20. The number of hydrogen-bond acceptors (Lipinski definition) is 7. The summed E-state index contributed by atoms with van der Waals surface area (Å²) in [7, 11) is 1.56. The quantitative estimate of drug-likeness (QED) is 0.534. The van der Waals surface area contributed by atoms with Crippen LogP contribution in [0.5, 0.6) is 5.75 Å². The second kappa shape index (κ2) is 9.86. The number of ether oxygens (including phenoxy) is 1. The molecule has 0 aliphatic carbocycles. The number of nitrogens with zero attached hydrogens (tertiary/aromatic N) is 4. The normalized spacial score (nSPS) is 13.6. The van der Waals surface area contributed by atoms with Crippen LogP contribution < -0.4 is 15.4 Å². The third-order valence-electron chi connectivity index (χ3n) is 5.18. The maximum atomic E-state index is 13.0. The minimum absolute atomic E-state index is 0. The Hall–Kier alpha value is -3.01. The number of rotatable bonds is 6. The topological polar surface area (TPSA) is 114 Å². The maximum absolute atomic E-state index is 13.0. The van der Waals surface area contributed by atoms with Crippen LogP contribution in [0.4, 0.5) is 5.82 Å². The molecule has 0 bridgehead atoms. The van der Waals surface area contributed by atoms with Gasteiger partial charge in [0.05, 0.1) is 25.3 Å². The summed E-state index contributed by atoms with van der Waals surface area (Å²) in [5.74, 6) is 1.16. The highest BCUT2D eigenvalue weighted by Crippen LogP contribution is 2.27. The van der Waals surface area contributed by atoms with Gasteiger partial charge in [-0.2, -0.15) is 0 Å². The molecule has 4 rings (SSSR count). The van der Waals surface area contributed by atoms with Crippen molar-refractivity contribution in [3.63, 3.8) is 0 Å². The fraction of sp³-hybridized carbons (Fsp3) is 0.333. The van der Waals surface area contributed by atoms with Gasteiger partial charge >= 0.3 is 0 Å². The van der Waals surface area contributed by atoms with E-state index in [4.69, 9.17) is 4.74 Å². The van der Waals surface area contributed by atoms with Gasteiger partial charge in [0.25, 0.3) is 5.91 Å². The summed E-state index contributed by atoms with van der Waals surface area (Å²) in [6.07, 6.45) is 2.46. The minimum Gasteiger partial charge on any atom is -0.496 e. The van der Waals surface area contributed by atoms with E-state index >= 15 is 0 Å². The summed E-state index contributed by atoms with van der Waals surface area (Å²) in [4.78, 5) is 17.5. The first-order chi connectivity index (χ1) is 14.6. The molecule has 0 spiro atoms. The molecule has 3 heterocycles. The van der Waals surface area contributed by atoms with Crippen LogP contribution in [0, 0.1) is 0 Å². The number of aliphatic hydroxyl groups excluding tert-OH is 1. The summed E-state index contributed by atoms with van der Waals surface area (Å²) in [6.45, 7) is 3.45. The number of pyridine rings is 1. The lowest BCUT2D eigenvalue weighted by atomic mass is 9.97. The first-order valence-corrected chi connectivity index (χ1v) is 9.80. The Morgan fingerprint density at radius 3 is 2.97 bits per heavy atom. The molecule has 10 heteroatoms. The summed E-state index contributed by atoms with van der Waals surface area (Å²) >= 11 is 0. The van der Waals surface area contributed by atoms with Crippen LogP contribution in [-0.2, 0) is 13.0 Å². The van der Waals surface area contributed by atoms with Gasteiger partial charge in [-0.1, -0.05) is 6.07 Å². The number of aliphatic hydroxyl groups is 1. The monoisotopic (exact) mass is 444 g/mol. The molecule has 1 aromatic carbocycles. The van der Waals surface area contributed by atoms with Crippen LogP contribution in [-0.4, -0.2) is 51.0 Å². The molecule has 0 fully saturated rings. The van der Waals surface area contributed by atoms with Gasteiger partial charge in [-0.25, -0.2) is 4.98 Å². The highest BCUT2D eigenvalue weighted by Gasteiger charge is 2.19. The highest BCUT2D eigenvalue weighted by atomic mass is 35.5. The zero-order valence-corrected chi connectivity index (χ0v) is 18.1. The number of fused-ring (bicyclic) bond motifs is 1. The summed E-state index contributed by atoms with van der Waals surface area (Å²) in [5, 5.41) is 23.6. The molecule has 0 radical (unpaired) electrons. The van der Waals surface area contributed by atoms with Crippen molar-refractivity contribution in [2.75, 3.05) is 25.6 Å². The number of hydrogen-bond donors (Lipinski definition) is 3. The zero-order valence-electron chi connectivity index (χ0n) is 17.3. The molecule has 2 aromatic heterocycles. The van der Waals surface area contributed by atoms with Crippen molar-refractivity contribution in [1.82, 2.24) is 25.1 Å². The number of methoxy groups -OCH3 is 1. The molecule has 164 valence electrons. The largest absolute Gasteiger partial charge is 0.496 e. The second-order valence-electron chi connectivity index (χ2n) is 7.20. The molecule has 1 aliphatic heterocycles. The molecular formula is C21H25ClN6O3. The number of benzene rings is 1. The average Bonchev–Trinajstić information content (AvgIpc) is 3.27. The zero-order chi connectivity index (χ0) is 21.1. The van der Waals surface area contributed by atoms with Crippen molar-refractivity contribution in [1.29, 1.82) is 0 Å². The Bertz CT molecular complexity index is 1070. The summed E-state index contributed by atoms with van der Waals surface area (Å²) in [6, 6.07) is 8.90. The molecule has 1 unspecified atom stereocenters. The fourth-order valence-electron chi connectivity index (χ4n) is 3.51. The van der Waals surface area contributed by atoms with Crippen LogP contribution >= 0.6 is 12.4 Å². The number of carbonyl (C=O) groups excluding carboxylic acids is 1.